The minimum absolute atomic E-state index is 0.303. The molecule has 1 aliphatic rings. The van der Waals surface area contributed by atoms with E-state index in [0.29, 0.717) is 24.6 Å². The molecule has 0 amide bonds. The fourth-order valence-corrected chi connectivity index (χ4v) is 4.60. The molecule has 4 aromatic rings. The van der Waals surface area contributed by atoms with Crippen LogP contribution in [-0.4, -0.2) is 79.9 Å². The number of aromatic nitrogens is 3. The number of β-amino-alcohol motifs (C(OH)–C–C–N with tert-alkyl or cyclic N) is 1. The lowest BCUT2D eigenvalue weighted by Gasteiger charge is -2.33. The van der Waals surface area contributed by atoms with Gasteiger partial charge in [0.25, 0.3) is 0 Å². The van der Waals surface area contributed by atoms with Crippen molar-refractivity contribution in [1.82, 2.24) is 25.2 Å². The van der Waals surface area contributed by atoms with Gasteiger partial charge < -0.3 is 35.3 Å². The Balaban J connectivity index is 0.000000531. The number of aliphatic carboxylic acids is 2. The monoisotopic (exact) mass is 539 g/mol. The molecule has 206 valence electrons. The van der Waals surface area contributed by atoms with Crippen LogP contribution in [-0.2, 0) is 16.1 Å². The molecule has 0 bridgehead atoms. The van der Waals surface area contributed by atoms with Crippen LogP contribution in [0.25, 0.3) is 21.9 Å². The lowest BCUT2D eigenvalue weighted by atomic mass is 10.0. The van der Waals surface area contributed by atoms with E-state index in [0.717, 1.165) is 59.5 Å². The SMILES string of the molecule is COc1ccc2nccc([C@H](O)CN3CCC(NCc4nc5c(F)cccc5[nH]4)CC3)c2c1.O=C(O)C(=O)O. The van der Waals surface area contributed by atoms with Crippen LogP contribution in [0.3, 0.4) is 0 Å². The first-order valence-electron chi connectivity index (χ1n) is 12.4. The van der Waals surface area contributed by atoms with Gasteiger partial charge in [0, 0.05) is 24.2 Å². The molecule has 1 fully saturated rings. The highest BCUT2D eigenvalue weighted by Gasteiger charge is 2.23. The van der Waals surface area contributed by atoms with Crippen molar-refractivity contribution in [3.8, 4) is 5.75 Å². The van der Waals surface area contributed by atoms with E-state index in [-0.39, 0.29) is 5.82 Å². The van der Waals surface area contributed by atoms with E-state index in [1.165, 1.54) is 6.07 Å². The van der Waals surface area contributed by atoms with Gasteiger partial charge in [0.2, 0.25) is 0 Å². The molecule has 1 aliphatic heterocycles. The molecule has 1 saturated heterocycles. The van der Waals surface area contributed by atoms with Crippen LogP contribution in [0.4, 0.5) is 4.39 Å². The van der Waals surface area contributed by atoms with E-state index in [2.05, 4.69) is 25.2 Å². The van der Waals surface area contributed by atoms with Gasteiger partial charge in [0.15, 0.2) is 5.82 Å². The first-order valence-corrected chi connectivity index (χ1v) is 12.4. The number of aliphatic hydroxyl groups is 1. The molecule has 2 aromatic carbocycles. The Bertz CT molecular complexity index is 1440. The van der Waals surface area contributed by atoms with Gasteiger partial charge in [-0.2, -0.15) is 0 Å². The Hall–Kier alpha value is -4.13. The number of nitrogens with zero attached hydrogens (tertiary/aromatic N) is 3. The summed E-state index contributed by atoms with van der Waals surface area (Å²) in [5.74, 6) is -2.46. The van der Waals surface area contributed by atoms with Crippen LogP contribution in [0.1, 0.15) is 30.3 Å². The van der Waals surface area contributed by atoms with Gasteiger partial charge in [-0.15, -0.1) is 0 Å². The van der Waals surface area contributed by atoms with Crippen LogP contribution in [0.15, 0.2) is 48.7 Å². The standard InChI is InChI=1S/C25H28FN5O2.C2H2O4/c1-33-17-5-6-21-19(13-17)18(7-10-27-21)23(32)15-31-11-8-16(9-12-31)28-14-24-29-22-4-2-3-20(26)25(22)30-24;3-1(4)2(5)6/h2-7,10,13,16,23,28,32H,8-9,11-12,14-15H2,1H3,(H,29,30);(H,3,4)(H,5,6)/t23-;/m1./s1. The van der Waals surface area contributed by atoms with Crippen molar-refractivity contribution >= 4 is 33.9 Å². The first kappa shape index (κ1) is 27.9. The number of carboxylic acids is 2. The summed E-state index contributed by atoms with van der Waals surface area (Å²) >= 11 is 0. The smallest absolute Gasteiger partial charge is 0.414 e. The van der Waals surface area contributed by atoms with Crippen molar-refractivity contribution < 1.29 is 34.0 Å². The number of para-hydroxylation sites is 1. The van der Waals surface area contributed by atoms with Crippen molar-refractivity contribution in [1.29, 1.82) is 0 Å². The lowest BCUT2D eigenvalue weighted by Crippen LogP contribution is -2.43. The molecule has 0 saturated carbocycles. The number of carboxylic acid groups (broad SMARTS) is 2. The zero-order valence-corrected chi connectivity index (χ0v) is 21.3. The van der Waals surface area contributed by atoms with Crippen LogP contribution < -0.4 is 10.1 Å². The number of methoxy groups -OCH3 is 1. The summed E-state index contributed by atoms with van der Waals surface area (Å²) in [5, 5.41) is 30.2. The number of piperidine rings is 1. The summed E-state index contributed by atoms with van der Waals surface area (Å²) in [7, 11) is 1.64. The minimum Gasteiger partial charge on any atom is -0.497 e. The molecule has 5 rings (SSSR count). The van der Waals surface area contributed by atoms with Crippen molar-refractivity contribution in [3.63, 3.8) is 0 Å². The van der Waals surface area contributed by atoms with Crippen LogP contribution in [0.5, 0.6) is 5.75 Å². The van der Waals surface area contributed by atoms with Gasteiger partial charge in [-0.25, -0.2) is 19.0 Å². The number of pyridine rings is 1. The van der Waals surface area contributed by atoms with Crippen molar-refractivity contribution in [2.45, 2.75) is 31.5 Å². The van der Waals surface area contributed by atoms with Crippen LogP contribution in [0.2, 0.25) is 0 Å². The Kier molecular flexibility index (Phi) is 9.02. The number of aliphatic hydroxyl groups excluding tert-OH is 1. The number of hydrogen-bond acceptors (Lipinski definition) is 8. The van der Waals surface area contributed by atoms with E-state index in [4.69, 9.17) is 24.5 Å². The predicted octanol–water partition coefficient (Wildman–Crippen LogP) is 2.70. The van der Waals surface area contributed by atoms with Crippen LogP contribution >= 0.6 is 0 Å². The fraction of sp³-hybridized carbons (Fsp3) is 0.333. The second kappa shape index (κ2) is 12.6. The van der Waals surface area contributed by atoms with Crippen molar-refractivity contribution in [2.75, 3.05) is 26.7 Å². The van der Waals surface area contributed by atoms with E-state index in [1.807, 2.05) is 30.3 Å². The maximum atomic E-state index is 13.8. The van der Waals surface area contributed by atoms with Gasteiger partial charge in [-0.3, -0.25) is 4.98 Å². The average molecular weight is 540 g/mol. The number of nitrogens with one attached hydrogen (secondary N) is 2. The summed E-state index contributed by atoms with van der Waals surface area (Å²) in [6.45, 7) is 2.95. The van der Waals surface area contributed by atoms with Gasteiger partial charge in [-0.05, 0) is 67.9 Å². The third-order valence-corrected chi connectivity index (χ3v) is 6.61. The number of fused-ring (bicyclic) bond motifs is 2. The average Bonchev–Trinajstić information content (AvgIpc) is 3.37. The molecule has 39 heavy (non-hydrogen) atoms. The number of imidazole rings is 1. The molecule has 0 spiro atoms. The third kappa shape index (κ3) is 7.05. The molecule has 3 heterocycles. The zero-order valence-electron chi connectivity index (χ0n) is 21.3. The molecule has 12 heteroatoms. The largest absolute Gasteiger partial charge is 0.497 e. The molecule has 0 unspecified atom stereocenters. The molecule has 11 nitrogen and oxygen atoms in total. The van der Waals surface area contributed by atoms with Gasteiger partial charge in [0.1, 0.15) is 17.1 Å². The maximum absolute atomic E-state index is 13.8. The molecule has 1 atom stereocenters. The molecule has 0 aliphatic carbocycles. The van der Waals surface area contributed by atoms with Gasteiger partial charge in [0.05, 0.1) is 30.8 Å². The Morgan fingerprint density at radius 2 is 1.92 bits per heavy atom. The van der Waals surface area contributed by atoms with Gasteiger partial charge >= 0.3 is 11.9 Å². The number of likely N-dealkylation sites (tertiary alicyclic amines) is 1. The van der Waals surface area contributed by atoms with Crippen molar-refractivity contribution in [3.05, 3.63) is 65.9 Å². The highest BCUT2D eigenvalue weighted by Crippen LogP contribution is 2.28. The van der Waals surface area contributed by atoms with Crippen LogP contribution in [0, 0.1) is 5.82 Å². The molecule has 5 N–H and O–H groups in total. The second-order valence-corrected chi connectivity index (χ2v) is 9.18. The molecular formula is C27H30FN5O6. The minimum atomic E-state index is -1.82. The topological polar surface area (TPSA) is 161 Å². The number of carbonyl (C=O) groups is 2. The summed E-state index contributed by atoms with van der Waals surface area (Å²) in [6.07, 6.45) is 3.10. The highest BCUT2D eigenvalue weighted by atomic mass is 19.1. The predicted molar refractivity (Wildman–Crippen MR) is 141 cm³/mol. The number of rotatable bonds is 7. The normalized spacial score (nSPS) is 15.1. The Labute approximate surface area is 223 Å². The van der Waals surface area contributed by atoms with E-state index >= 15 is 0 Å². The number of aromatic amines is 1. The molecule has 2 aromatic heterocycles. The van der Waals surface area contributed by atoms with E-state index in [9.17, 15) is 9.50 Å². The summed E-state index contributed by atoms with van der Waals surface area (Å²) in [6, 6.07) is 12.9. The zero-order chi connectivity index (χ0) is 27.9. The van der Waals surface area contributed by atoms with E-state index < -0.39 is 18.0 Å². The van der Waals surface area contributed by atoms with Gasteiger partial charge in [-0.1, -0.05) is 6.07 Å². The summed E-state index contributed by atoms with van der Waals surface area (Å²) < 4.78 is 19.2. The lowest BCUT2D eigenvalue weighted by molar-refractivity contribution is -0.159. The number of hydrogen-bond donors (Lipinski definition) is 5. The maximum Gasteiger partial charge on any atom is 0.414 e. The number of benzene rings is 2. The number of H-pyrrole nitrogens is 1. The fourth-order valence-electron chi connectivity index (χ4n) is 4.60. The third-order valence-electron chi connectivity index (χ3n) is 6.61. The highest BCUT2D eigenvalue weighted by molar-refractivity contribution is 6.27. The van der Waals surface area contributed by atoms with Crippen molar-refractivity contribution in [2.24, 2.45) is 0 Å². The number of halogens is 1. The summed E-state index contributed by atoms with van der Waals surface area (Å²) in [5.41, 5.74) is 2.83. The first-order chi connectivity index (χ1) is 18.7. The number of ether oxygens (including phenoxy) is 1. The molecule has 0 radical (unpaired) electrons. The second-order valence-electron chi connectivity index (χ2n) is 9.18. The molecular weight excluding hydrogens is 509 g/mol. The van der Waals surface area contributed by atoms with E-state index in [1.54, 1.807) is 19.4 Å². The quantitative estimate of drug-likeness (QED) is 0.221. The Morgan fingerprint density at radius 3 is 2.59 bits per heavy atom. The summed E-state index contributed by atoms with van der Waals surface area (Å²) in [4.78, 5) is 32.5. The Morgan fingerprint density at radius 1 is 1.18 bits per heavy atom.